The SMILES string of the molecule is C=S1(=O)CCCCN1c1ccc2nc(-c3ccc(Cl)cc3)c(CN3CCN(C(C)=O)CC3)n2c1. The van der Waals surface area contributed by atoms with Crippen LogP contribution in [0.15, 0.2) is 42.6 Å². The monoisotopic (exact) mass is 499 g/mol. The maximum atomic E-state index is 13.2. The first-order valence-corrected chi connectivity index (χ1v) is 13.9. The highest BCUT2D eigenvalue weighted by atomic mass is 35.5. The third-order valence-corrected chi connectivity index (χ3v) is 9.15. The first-order chi connectivity index (χ1) is 16.3. The third kappa shape index (κ3) is 4.54. The van der Waals surface area contributed by atoms with Gasteiger partial charge in [0.25, 0.3) is 0 Å². The van der Waals surface area contributed by atoms with Gasteiger partial charge in [0.15, 0.2) is 0 Å². The largest absolute Gasteiger partial charge is 0.340 e. The Morgan fingerprint density at radius 1 is 1.06 bits per heavy atom. The molecule has 1 atom stereocenters. The minimum absolute atomic E-state index is 0.124. The number of nitrogens with zero attached hydrogens (tertiary/aromatic N) is 5. The number of amides is 1. The number of hydrogen-bond acceptors (Lipinski definition) is 4. The second-order valence-corrected chi connectivity index (χ2v) is 11.9. The number of fused-ring (bicyclic) bond motifs is 1. The molecule has 0 saturated carbocycles. The first kappa shape index (κ1) is 23.2. The van der Waals surface area contributed by atoms with E-state index in [2.05, 4.69) is 21.4 Å². The highest BCUT2D eigenvalue weighted by molar-refractivity contribution is 8.01. The van der Waals surface area contributed by atoms with E-state index < -0.39 is 9.71 Å². The van der Waals surface area contributed by atoms with Gasteiger partial charge in [-0.2, -0.15) is 0 Å². The van der Waals surface area contributed by atoms with Crippen LogP contribution in [0.1, 0.15) is 25.5 Å². The van der Waals surface area contributed by atoms with E-state index in [1.807, 2.05) is 45.6 Å². The molecule has 0 aliphatic carbocycles. The van der Waals surface area contributed by atoms with Gasteiger partial charge in [-0.25, -0.2) is 9.19 Å². The number of aromatic nitrogens is 2. The molecule has 2 saturated heterocycles. The van der Waals surface area contributed by atoms with Crippen LogP contribution < -0.4 is 4.31 Å². The van der Waals surface area contributed by atoms with Gasteiger partial charge in [0.1, 0.15) is 5.65 Å². The fourth-order valence-electron chi connectivity index (χ4n) is 4.83. The van der Waals surface area contributed by atoms with E-state index >= 15 is 0 Å². The Hall–Kier alpha value is -2.55. The number of hydrogen-bond donors (Lipinski definition) is 0. The van der Waals surface area contributed by atoms with E-state index in [-0.39, 0.29) is 5.91 Å². The molecule has 4 heterocycles. The zero-order valence-corrected chi connectivity index (χ0v) is 21.0. The van der Waals surface area contributed by atoms with Gasteiger partial charge in [-0.15, -0.1) is 0 Å². The predicted octanol–water partition coefficient (Wildman–Crippen LogP) is 3.55. The molecule has 1 amide bonds. The van der Waals surface area contributed by atoms with Gasteiger partial charge in [-0.1, -0.05) is 23.7 Å². The average molecular weight is 500 g/mol. The van der Waals surface area contributed by atoms with Crippen LogP contribution in [-0.4, -0.2) is 73.6 Å². The first-order valence-electron chi connectivity index (χ1n) is 11.7. The van der Waals surface area contributed by atoms with Crippen molar-refractivity contribution >= 4 is 44.4 Å². The van der Waals surface area contributed by atoms with Crippen LogP contribution in [0, 0.1) is 0 Å². The van der Waals surface area contributed by atoms with Gasteiger partial charge >= 0.3 is 0 Å². The normalized spacial score (nSPS) is 21.8. The number of piperazine rings is 1. The lowest BCUT2D eigenvalue weighted by Gasteiger charge is -2.34. The Labute approximate surface area is 206 Å². The lowest BCUT2D eigenvalue weighted by atomic mass is 10.1. The lowest BCUT2D eigenvalue weighted by molar-refractivity contribution is -0.130. The molecule has 0 radical (unpaired) electrons. The van der Waals surface area contributed by atoms with E-state index in [4.69, 9.17) is 16.6 Å². The molecule has 2 aliphatic rings. The Balaban J connectivity index is 1.55. The van der Waals surface area contributed by atoms with Crippen LogP contribution in [0.25, 0.3) is 16.9 Å². The maximum absolute atomic E-state index is 13.2. The molecule has 5 rings (SSSR count). The number of halogens is 1. The van der Waals surface area contributed by atoms with Crippen molar-refractivity contribution in [3.05, 3.63) is 53.3 Å². The molecule has 7 nitrogen and oxygen atoms in total. The molecule has 2 aliphatic heterocycles. The zero-order valence-electron chi connectivity index (χ0n) is 19.5. The quantitative estimate of drug-likeness (QED) is 0.515. The summed E-state index contributed by atoms with van der Waals surface area (Å²) in [6, 6.07) is 11.8. The van der Waals surface area contributed by atoms with Crippen LogP contribution >= 0.6 is 11.6 Å². The summed E-state index contributed by atoms with van der Waals surface area (Å²) in [5.41, 5.74) is 4.75. The molecule has 1 aromatic carbocycles. The fourth-order valence-corrected chi connectivity index (χ4v) is 6.79. The number of imidazole rings is 1. The van der Waals surface area contributed by atoms with Crippen LogP contribution in [0.4, 0.5) is 5.69 Å². The molecule has 0 spiro atoms. The van der Waals surface area contributed by atoms with Crippen molar-refractivity contribution in [2.75, 3.05) is 42.8 Å². The predicted molar refractivity (Wildman–Crippen MR) is 140 cm³/mol. The van der Waals surface area contributed by atoms with Crippen molar-refractivity contribution < 1.29 is 9.00 Å². The zero-order chi connectivity index (χ0) is 23.9. The van der Waals surface area contributed by atoms with Crippen LogP contribution in [0.2, 0.25) is 5.02 Å². The van der Waals surface area contributed by atoms with E-state index in [0.29, 0.717) is 17.3 Å². The van der Waals surface area contributed by atoms with Crippen LogP contribution in [0.3, 0.4) is 0 Å². The van der Waals surface area contributed by atoms with Crippen LogP contribution in [0.5, 0.6) is 0 Å². The van der Waals surface area contributed by atoms with Crippen molar-refractivity contribution in [3.63, 3.8) is 0 Å². The maximum Gasteiger partial charge on any atom is 0.219 e. The number of rotatable bonds is 4. The highest BCUT2D eigenvalue weighted by Crippen LogP contribution is 2.30. The average Bonchev–Trinajstić information content (AvgIpc) is 3.17. The smallest absolute Gasteiger partial charge is 0.219 e. The van der Waals surface area contributed by atoms with Gasteiger partial charge in [-0.05, 0) is 43.0 Å². The standard InChI is InChI=1S/C25H30ClN5O2S/c1-19(32)29-14-12-28(13-15-29)18-23-25(20-5-7-21(26)8-6-20)27-24-10-9-22(17-30(23)24)31-11-3-4-16-34(31,2)33/h5-10,17H,2-4,11-16,18H2,1H3. The van der Waals surface area contributed by atoms with Crippen molar-refractivity contribution in [1.29, 1.82) is 0 Å². The summed E-state index contributed by atoms with van der Waals surface area (Å²) < 4.78 is 17.2. The van der Waals surface area contributed by atoms with E-state index in [1.54, 1.807) is 6.92 Å². The molecule has 0 N–H and O–H groups in total. The number of carbonyl (C=O) groups excluding carboxylic acids is 1. The molecule has 1 unspecified atom stereocenters. The van der Waals surface area contributed by atoms with E-state index in [1.165, 1.54) is 0 Å². The Morgan fingerprint density at radius 3 is 2.47 bits per heavy atom. The summed E-state index contributed by atoms with van der Waals surface area (Å²) in [5.74, 6) is 4.79. The minimum atomic E-state index is -2.31. The third-order valence-electron chi connectivity index (χ3n) is 6.77. The molecule has 9 heteroatoms. The minimum Gasteiger partial charge on any atom is -0.340 e. The second-order valence-electron chi connectivity index (χ2n) is 9.10. The summed E-state index contributed by atoms with van der Waals surface area (Å²) in [6.45, 7) is 6.15. The topological polar surface area (TPSA) is 61.2 Å². The summed E-state index contributed by atoms with van der Waals surface area (Å²) in [4.78, 5) is 21.0. The molecule has 0 bridgehead atoms. The van der Waals surface area contributed by atoms with Crippen molar-refractivity contribution in [1.82, 2.24) is 19.2 Å². The van der Waals surface area contributed by atoms with Crippen LogP contribution in [-0.2, 0) is 21.0 Å². The molecular formula is C25H30ClN5O2S. The number of benzene rings is 1. The summed E-state index contributed by atoms with van der Waals surface area (Å²) in [6.07, 6.45) is 4.02. The molecule has 180 valence electrons. The van der Waals surface area contributed by atoms with Crippen molar-refractivity contribution in [3.8, 4) is 11.3 Å². The van der Waals surface area contributed by atoms with Gasteiger partial charge in [0.2, 0.25) is 5.91 Å². The van der Waals surface area contributed by atoms with Crippen molar-refractivity contribution in [2.45, 2.75) is 26.3 Å². The highest BCUT2D eigenvalue weighted by Gasteiger charge is 2.25. The van der Waals surface area contributed by atoms with E-state index in [0.717, 1.165) is 73.9 Å². The Morgan fingerprint density at radius 2 is 1.79 bits per heavy atom. The number of pyridine rings is 1. The van der Waals surface area contributed by atoms with Gasteiger partial charge in [0.05, 0.1) is 17.1 Å². The molecular weight excluding hydrogens is 470 g/mol. The molecule has 34 heavy (non-hydrogen) atoms. The fraction of sp³-hybridized carbons (Fsp3) is 0.400. The summed E-state index contributed by atoms with van der Waals surface area (Å²) in [5, 5.41) is 0.687. The lowest BCUT2D eigenvalue weighted by Crippen LogP contribution is -2.47. The van der Waals surface area contributed by atoms with E-state index in [9.17, 15) is 9.00 Å². The number of anilines is 1. The van der Waals surface area contributed by atoms with Gasteiger partial charge in [-0.3, -0.25) is 18.4 Å². The molecule has 2 aromatic heterocycles. The summed E-state index contributed by atoms with van der Waals surface area (Å²) in [7, 11) is -2.31. The second kappa shape index (κ2) is 9.24. The molecule has 3 aromatic rings. The molecule has 2 fully saturated rings. The Kier molecular flexibility index (Phi) is 6.31. The van der Waals surface area contributed by atoms with Gasteiger partial charge < -0.3 is 4.90 Å². The summed E-state index contributed by atoms with van der Waals surface area (Å²) >= 11 is 6.14. The van der Waals surface area contributed by atoms with Gasteiger partial charge in [0, 0.05) is 78.4 Å². The Bertz CT molecular complexity index is 1310. The van der Waals surface area contributed by atoms with Crippen molar-refractivity contribution in [2.24, 2.45) is 0 Å². The number of carbonyl (C=O) groups is 1.